The topological polar surface area (TPSA) is 70.6 Å². The first kappa shape index (κ1) is 20.5. The summed E-state index contributed by atoms with van der Waals surface area (Å²) in [5, 5.41) is 6.48. The van der Waals surface area contributed by atoms with Crippen molar-refractivity contribution in [2.45, 2.75) is 45.3 Å². The first-order valence-corrected chi connectivity index (χ1v) is 10.2. The zero-order chi connectivity index (χ0) is 18.4. The number of benzene rings is 1. The van der Waals surface area contributed by atoms with E-state index < -0.39 is 14.6 Å². The van der Waals surface area contributed by atoms with Crippen LogP contribution in [0.25, 0.3) is 0 Å². The van der Waals surface area contributed by atoms with Crippen molar-refractivity contribution < 1.29 is 8.42 Å². The fraction of sp³-hybridized carbons (Fsp3) is 0.611. The summed E-state index contributed by atoms with van der Waals surface area (Å²) in [5.41, 5.74) is 2.52. The molecule has 0 saturated carbocycles. The highest BCUT2D eigenvalue weighted by Gasteiger charge is 2.29. The highest BCUT2D eigenvalue weighted by molar-refractivity contribution is 7.92. The molecule has 0 bridgehead atoms. The lowest BCUT2D eigenvalue weighted by atomic mass is 9.99. The van der Waals surface area contributed by atoms with Crippen LogP contribution in [0.1, 0.15) is 44.7 Å². The lowest BCUT2D eigenvalue weighted by Gasteiger charge is -2.21. The normalized spacial score (nSPS) is 14.3. The van der Waals surface area contributed by atoms with Crippen LogP contribution in [0.5, 0.6) is 0 Å². The fourth-order valence-electron chi connectivity index (χ4n) is 2.07. The summed E-state index contributed by atoms with van der Waals surface area (Å²) in [6.45, 7) is 11.3. The van der Waals surface area contributed by atoms with E-state index >= 15 is 0 Å². The molecule has 136 valence electrons. The molecule has 0 saturated heterocycles. The number of aliphatic imine (C=N–C) groups is 1. The Morgan fingerprint density at radius 2 is 1.96 bits per heavy atom. The second-order valence-electron chi connectivity index (χ2n) is 6.92. The van der Waals surface area contributed by atoms with Crippen molar-refractivity contribution in [3.63, 3.8) is 0 Å². The van der Waals surface area contributed by atoms with Gasteiger partial charge in [-0.1, -0.05) is 36.8 Å². The summed E-state index contributed by atoms with van der Waals surface area (Å²) < 4.78 is 22.7. The maximum Gasteiger partial charge on any atom is 0.191 e. The summed E-state index contributed by atoms with van der Waals surface area (Å²) in [7, 11) is -3.15. The van der Waals surface area contributed by atoms with Gasteiger partial charge in [0.15, 0.2) is 15.8 Å². The van der Waals surface area contributed by atoms with E-state index in [9.17, 15) is 8.42 Å². The van der Waals surface area contributed by atoms with E-state index in [1.807, 2.05) is 6.92 Å². The lowest BCUT2D eigenvalue weighted by molar-refractivity contribution is 0.554. The van der Waals surface area contributed by atoms with Crippen LogP contribution in [0.3, 0.4) is 0 Å². The van der Waals surface area contributed by atoms with Gasteiger partial charge in [-0.3, -0.25) is 4.99 Å². The van der Waals surface area contributed by atoms with Crippen LogP contribution < -0.4 is 10.6 Å². The third kappa shape index (κ3) is 6.15. The Morgan fingerprint density at radius 3 is 2.50 bits per heavy atom. The second kappa shape index (κ2) is 8.51. The molecule has 1 unspecified atom stereocenters. The Bertz CT molecular complexity index is 667. The fourth-order valence-corrected chi connectivity index (χ4v) is 2.37. The predicted molar refractivity (Wildman–Crippen MR) is 102 cm³/mol. The van der Waals surface area contributed by atoms with Crippen LogP contribution in [0.15, 0.2) is 29.3 Å². The Morgan fingerprint density at radius 1 is 1.29 bits per heavy atom. The molecule has 0 aliphatic carbocycles. The van der Waals surface area contributed by atoms with E-state index in [1.54, 1.807) is 13.8 Å². The van der Waals surface area contributed by atoms with Gasteiger partial charge in [-0.05, 0) is 39.2 Å². The van der Waals surface area contributed by atoms with Gasteiger partial charge in [0, 0.05) is 19.3 Å². The van der Waals surface area contributed by atoms with Crippen molar-refractivity contribution in [1.29, 1.82) is 0 Å². The van der Waals surface area contributed by atoms with Gasteiger partial charge < -0.3 is 10.6 Å². The molecule has 0 fully saturated rings. The minimum Gasteiger partial charge on any atom is -0.357 e. The van der Waals surface area contributed by atoms with E-state index in [0.29, 0.717) is 11.9 Å². The molecule has 6 heteroatoms. The van der Waals surface area contributed by atoms with Gasteiger partial charge in [0.2, 0.25) is 0 Å². The third-order valence-electron chi connectivity index (χ3n) is 4.15. The monoisotopic (exact) mass is 353 g/mol. The number of guanidine groups is 1. The van der Waals surface area contributed by atoms with Gasteiger partial charge in [-0.2, -0.15) is 0 Å². The minimum absolute atomic E-state index is 0.222. The molecular weight excluding hydrogens is 322 g/mol. The minimum atomic E-state index is -3.15. The molecule has 0 spiro atoms. The Hall–Kier alpha value is -1.56. The number of aryl methyl sites for hydroxylation is 1. The summed E-state index contributed by atoms with van der Waals surface area (Å²) in [6, 6.07) is 8.46. The van der Waals surface area contributed by atoms with Crippen LogP contribution in [-0.4, -0.2) is 45.0 Å². The van der Waals surface area contributed by atoms with Crippen LogP contribution in [0.2, 0.25) is 0 Å². The molecule has 1 aromatic rings. The first-order chi connectivity index (χ1) is 11.1. The highest BCUT2D eigenvalue weighted by atomic mass is 32.2. The zero-order valence-electron chi connectivity index (χ0n) is 15.7. The molecule has 0 aliphatic heterocycles. The van der Waals surface area contributed by atoms with Crippen molar-refractivity contribution in [3.8, 4) is 0 Å². The van der Waals surface area contributed by atoms with Gasteiger partial charge in [0.1, 0.15) is 0 Å². The number of nitrogens with zero attached hydrogens (tertiary/aromatic N) is 1. The lowest BCUT2D eigenvalue weighted by Crippen LogP contribution is -2.41. The molecular formula is C18H31N3O2S. The molecule has 2 N–H and O–H groups in total. The average molecular weight is 354 g/mol. The first-order valence-electron chi connectivity index (χ1n) is 8.35. The van der Waals surface area contributed by atoms with Crippen LogP contribution >= 0.6 is 0 Å². The van der Waals surface area contributed by atoms with E-state index in [4.69, 9.17) is 0 Å². The molecule has 1 rings (SSSR count). The Labute approximate surface area is 146 Å². The van der Waals surface area contributed by atoms with Gasteiger partial charge >= 0.3 is 0 Å². The maximum atomic E-state index is 11.8. The quantitative estimate of drug-likeness (QED) is 0.584. The van der Waals surface area contributed by atoms with Crippen molar-refractivity contribution in [1.82, 2.24) is 10.6 Å². The van der Waals surface area contributed by atoms with Crippen LogP contribution in [-0.2, 0) is 9.84 Å². The number of rotatable bonds is 7. The zero-order valence-corrected chi connectivity index (χ0v) is 16.5. The number of nitrogens with one attached hydrogen (secondary N) is 2. The van der Waals surface area contributed by atoms with Gasteiger partial charge in [-0.15, -0.1) is 0 Å². The summed E-state index contributed by atoms with van der Waals surface area (Å²) in [6.07, 6.45) is 1.25. The average Bonchev–Trinajstić information content (AvgIpc) is 2.48. The smallest absolute Gasteiger partial charge is 0.191 e. The molecule has 0 heterocycles. The molecule has 1 aromatic carbocycles. The second-order valence-corrected chi connectivity index (χ2v) is 9.57. The summed E-state index contributed by atoms with van der Waals surface area (Å²) in [4.78, 5) is 4.45. The molecule has 24 heavy (non-hydrogen) atoms. The SMILES string of the molecule is CCNC(=NCC(C)(C)S(C)(=O)=O)NCC(C)c1cccc(C)c1. The van der Waals surface area contributed by atoms with Crippen molar-refractivity contribution in [3.05, 3.63) is 35.4 Å². The number of hydrogen-bond donors (Lipinski definition) is 2. The van der Waals surface area contributed by atoms with Gasteiger partial charge in [0.05, 0.1) is 11.3 Å². The molecule has 0 aromatic heterocycles. The Balaban J connectivity index is 2.74. The van der Waals surface area contributed by atoms with Crippen molar-refractivity contribution in [2.75, 3.05) is 25.9 Å². The molecule has 0 aliphatic rings. The molecule has 0 amide bonds. The van der Waals surface area contributed by atoms with Crippen LogP contribution in [0.4, 0.5) is 0 Å². The predicted octanol–water partition coefficient (Wildman–Crippen LogP) is 2.48. The highest BCUT2D eigenvalue weighted by Crippen LogP contribution is 2.16. The largest absolute Gasteiger partial charge is 0.357 e. The maximum absolute atomic E-state index is 11.8. The van der Waals surface area contributed by atoms with E-state index in [-0.39, 0.29) is 6.54 Å². The van der Waals surface area contributed by atoms with Crippen LogP contribution in [0, 0.1) is 6.92 Å². The molecule has 1 atom stereocenters. The van der Waals surface area contributed by atoms with E-state index in [0.717, 1.165) is 13.1 Å². The van der Waals surface area contributed by atoms with E-state index in [1.165, 1.54) is 17.4 Å². The summed E-state index contributed by atoms with van der Waals surface area (Å²) >= 11 is 0. The van der Waals surface area contributed by atoms with Gasteiger partial charge in [0.25, 0.3) is 0 Å². The van der Waals surface area contributed by atoms with Crippen molar-refractivity contribution in [2.24, 2.45) is 4.99 Å². The van der Waals surface area contributed by atoms with Gasteiger partial charge in [-0.25, -0.2) is 8.42 Å². The Kier molecular flexibility index (Phi) is 7.27. The van der Waals surface area contributed by atoms with E-state index in [2.05, 4.69) is 53.7 Å². The number of sulfone groups is 1. The third-order valence-corrected chi connectivity index (χ3v) is 6.29. The molecule has 5 nitrogen and oxygen atoms in total. The summed E-state index contributed by atoms with van der Waals surface area (Å²) in [5.74, 6) is 0.977. The van der Waals surface area contributed by atoms with Crippen molar-refractivity contribution >= 4 is 15.8 Å². The number of hydrogen-bond acceptors (Lipinski definition) is 3. The standard InChI is InChI=1S/C18H31N3O2S/c1-7-19-17(21-13-18(4,5)24(6,22)23)20-12-15(3)16-10-8-9-14(2)11-16/h8-11,15H,7,12-13H2,1-6H3,(H2,19,20,21). The molecule has 0 radical (unpaired) electrons.